The van der Waals surface area contributed by atoms with Gasteiger partial charge in [-0.05, 0) is 38.1 Å². The van der Waals surface area contributed by atoms with Gasteiger partial charge >= 0.3 is 0 Å². The topological polar surface area (TPSA) is 115 Å². The van der Waals surface area contributed by atoms with Crippen molar-refractivity contribution in [2.75, 3.05) is 10.7 Å². The van der Waals surface area contributed by atoms with Crippen LogP contribution >= 0.6 is 11.3 Å². The van der Waals surface area contributed by atoms with Crippen molar-refractivity contribution in [3.05, 3.63) is 90.0 Å². The summed E-state index contributed by atoms with van der Waals surface area (Å²) in [5.74, 6) is -0.678. The average Bonchev–Trinajstić information content (AvgIpc) is 3.28. The summed E-state index contributed by atoms with van der Waals surface area (Å²) in [4.78, 5) is 17.2. The highest BCUT2D eigenvalue weighted by Crippen LogP contribution is 2.39. The first-order valence-electron chi connectivity index (χ1n) is 10.7. The number of carbonyl (C=O) groups excluding carboxylic acids is 1. The second-order valence-corrected chi connectivity index (χ2v) is 8.56. The standard InChI is InChI=1S/C26H21N7OS/c1-17-8-12-20(13-9-17)30-32-22(16-27)24(34)29-26-28-23(19-6-4-3-5-7-19)25(35-26)33-31-21-14-10-18(2)11-15-21/h3-15,30H,1-2H3,(H,28,29,34)/b32-22+,33-31?. The van der Waals surface area contributed by atoms with Crippen LogP contribution in [0.3, 0.4) is 0 Å². The summed E-state index contributed by atoms with van der Waals surface area (Å²) in [6, 6.07) is 26.4. The molecular weight excluding hydrogens is 458 g/mol. The smallest absolute Gasteiger partial charge is 0.288 e. The van der Waals surface area contributed by atoms with Crippen molar-refractivity contribution in [3.8, 4) is 17.3 Å². The molecule has 2 N–H and O–H groups in total. The first kappa shape index (κ1) is 23.5. The maximum absolute atomic E-state index is 12.7. The predicted molar refractivity (Wildman–Crippen MR) is 139 cm³/mol. The third kappa shape index (κ3) is 6.22. The van der Waals surface area contributed by atoms with E-state index in [2.05, 4.69) is 31.1 Å². The van der Waals surface area contributed by atoms with Crippen LogP contribution in [0.4, 0.5) is 21.5 Å². The molecule has 3 aromatic carbocycles. The molecule has 0 saturated heterocycles. The third-order valence-corrected chi connectivity index (χ3v) is 5.69. The molecule has 8 nitrogen and oxygen atoms in total. The summed E-state index contributed by atoms with van der Waals surface area (Å²) >= 11 is 1.16. The highest BCUT2D eigenvalue weighted by molar-refractivity contribution is 7.20. The van der Waals surface area contributed by atoms with E-state index in [4.69, 9.17) is 0 Å². The van der Waals surface area contributed by atoms with Gasteiger partial charge in [0.2, 0.25) is 5.71 Å². The number of benzene rings is 3. The zero-order valence-corrected chi connectivity index (χ0v) is 19.9. The second kappa shape index (κ2) is 11.0. The summed E-state index contributed by atoms with van der Waals surface area (Å²) < 4.78 is 0. The Morgan fingerprint density at radius 1 is 0.914 bits per heavy atom. The van der Waals surface area contributed by atoms with E-state index in [1.807, 2.05) is 98.8 Å². The summed E-state index contributed by atoms with van der Waals surface area (Å²) in [6.45, 7) is 3.97. The van der Waals surface area contributed by atoms with Gasteiger partial charge in [0.1, 0.15) is 11.8 Å². The third-order valence-electron chi connectivity index (χ3n) is 4.84. The number of anilines is 2. The van der Waals surface area contributed by atoms with Crippen molar-refractivity contribution in [2.24, 2.45) is 15.3 Å². The number of hydrogen-bond acceptors (Lipinski definition) is 8. The molecule has 4 aromatic rings. The van der Waals surface area contributed by atoms with Gasteiger partial charge in [-0.1, -0.05) is 77.1 Å². The van der Waals surface area contributed by atoms with Crippen molar-refractivity contribution in [3.63, 3.8) is 0 Å². The average molecular weight is 480 g/mol. The number of nitrogens with one attached hydrogen (secondary N) is 2. The minimum absolute atomic E-state index is 0.282. The minimum atomic E-state index is -0.678. The Bertz CT molecular complexity index is 1420. The van der Waals surface area contributed by atoms with Crippen LogP contribution in [0.25, 0.3) is 11.3 Å². The minimum Gasteiger partial charge on any atom is -0.296 e. The van der Waals surface area contributed by atoms with Crippen LogP contribution in [0.15, 0.2) is 94.2 Å². The molecule has 0 bridgehead atoms. The van der Waals surface area contributed by atoms with Crippen LogP contribution in [0.1, 0.15) is 11.1 Å². The van der Waals surface area contributed by atoms with E-state index in [0.29, 0.717) is 22.1 Å². The number of hydrazone groups is 1. The molecule has 0 aliphatic heterocycles. The number of nitrogens with zero attached hydrogens (tertiary/aromatic N) is 5. The van der Waals surface area contributed by atoms with Crippen molar-refractivity contribution in [2.45, 2.75) is 13.8 Å². The van der Waals surface area contributed by atoms with Gasteiger partial charge in [-0.15, -0.1) is 10.2 Å². The first-order valence-corrected chi connectivity index (χ1v) is 11.5. The number of carbonyl (C=O) groups is 1. The van der Waals surface area contributed by atoms with Crippen LogP contribution in [-0.4, -0.2) is 16.6 Å². The van der Waals surface area contributed by atoms with Crippen molar-refractivity contribution in [1.82, 2.24) is 4.98 Å². The highest BCUT2D eigenvalue weighted by Gasteiger charge is 2.18. The Labute approximate surface area is 206 Å². The second-order valence-electron chi connectivity index (χ2n) is 7.58. The van der Waals surface area contributed by atoms with Crippen LogP contribution in [-0.2, 0) is 4.79 Å². The van der Waals surface area contributed by atoms with E-state index >= 15 is 0 Å². The number of amides is 1. The molecule has 0 unspecified atom stereocenters. The zero-order chi connectivity index (χ0) is 24.6. The van der Waals surface area contributed by atoms with Crippen LogP contribution in [0.2, 0.25) is 0 Å². The molecule has 0 spiro atoms. The Hall–Kier alpha value is -4.68. The van der Waals surface area contributed by atoms with E-state index in [1.54, 1.807) is 0 Å². The quantitative estimate of drug-likeness (QED) is 0.173. The van der Waals surface area contributed by atoms with Gasteiger partial charge in [-0.3, -0.25) is 15.5 Å². The Balaban J connectivity index is 1.57. The largest absolute Gasteiger partial charge is 0.296 e. The fourth-order valence-corrected chi connectivity index (χ4v) is 3.77. The van der Waals surface area contributed by atoms with E-state index in [-0.39, 0.29) is 10.8 Å². The molecule has 0 aliphatic rings. The monoisotopic (exact) mass is 479 g/mol. The lowest BCUT2D eigenvalue weighted by Crippen LogP contribution is -2.22. The van der Waals surface area contributed by atoms with Gasteiger partial charge in [0.05, 0.1) is 11.4 Å². The summed E-state index contributed by atoms with van der Waals surface area (Å²) in [7, 11) is 0. The SMILES string of the molecule is Cc1ccc(N=Nc2sc(NC(=O)/C(C#N)=N/Nc3ccc(C)cc3)nc2-c2ccccc2)cc1. The maximum atomic E-state index is 12.7. The highest BCUT2D eigenvalue weighted by atomic mass is 32.1. The zero-order valence-electron chi connectivity index (χ0n) is 19.1. The molecule has 0 saturated carbocycles. The van der Waals surface area contributed by atoms with Gasteiger partial charge in [-0.2, -0.15) is 10.4 Å². The lowest BCUT2D eigenvalue weighted by Gasteiger charge is -2.02. The summed E-state index contributed by atoms with van der Waals surface area (Å²) in [5.41, 5.74) is 7.39. The molecular formula is C26H21N7OS. The number of thiazole rings is 1. The molecule has 0 atom stereocenters. The Kier molecular flexibility index (Phi) is 7.35. The molecule has 35 heavy (non-hydrogen) atoms. The van der Waals surface area contributed by atoms with Gasteiger partial charge in [-0.25, -0.2) is 4.98 Å². The fourth-order valence-electron chi connectivity index (χ4n) is 2.96. The van der Waals surface area contributed by atoms with Crippen LogP contribution in [0.5, 0.6) is 0 Å². The predicted octanol–water partition coefficient (Wildman–Crippen LogP) is 6.77. The molecule has 0 fully saturated rings. The normalized spacial score (nSPS) is 11.3. The van der Waals surface area contributed by atoms with Gasteiger partial charge in [0.25, 0.3) is 5.91 Å². The number of aryl methyl sites for hydroxylation is 2. The molecule has 1 amide bonds. The number of nitriles is 1. The Morgan fingerprint density at radius 2 is 1.57 bits per heavy atom. The molecule has 172 valence electrons. The van der Waals surface area contributed by atoms with E-state index in [9.17, 15) is 10.1 Å². The lowest BCUT2D eigenvalue weighted by atomic mass is 10.2. The molecule has 0 aliphatic carbocycles. The van der Waals surface area contributed by atoms with Gasteiger partial charge in [0.15, 0.2) is 10.1 Å². The Morgan fingerprint density at radius 3 is 2.23 bits per heavy atom. The molecule has 4 rings (SSSR count). The van der Waals surface area contributed by atoms with Crippen molar-refractivity contribution >= 4 is 44.5 Å². The van der Waals surface area contributed by atoms with Gasteiger partial charge in [0, 0.05) is 5.56 Å². The number of aromatic nitrogens is 1. The van der Waals surface area contributed by atoms with Gasteiger partial charge < -0.3 is 0 Å². The molecule has 1 aromatic heterocycles. The first-order chi connectivity index (χ1) is 17.0. The number of rotatable bonds is 7. The van der Waals surface area contributed by atoms with E-state index < -0.39 is 5.91 Å². The molecule has 1 heterocycles. The summed E-state index contributed by atoms with van der Waals surface area (Å²) in [5, 5.41) is 25.5. The van der Waals surface area contributed by atoms with Crippen LogP contribution < -0.4 is 10.7 Å². The molecule has 9 heteroatoms. The van der Waals surface area contributed by atoms with Crippen LogP contribution in [0, 0.1) is 25.2 Å². The maximum Gasteiger partial charge on any atom is 0.288 e. The van der Waals surface area contributed by atoms with E-state index in [0.717, 1.165) is 28.0 Å². The summed E-state index contributed by atoms with van der Waals surface area (Å²) in [6.07, 6.45) is 0. The van der Waals surface area contributed by atoms with E-state index in [1.165, 1.54) is 0 Å². The van der Waals surface area contributed by atoms with Crippen molar-refractivity contribution in [1.29, 1.82) is 5.26 Å². The number of azo groups is 1. The number of hydrogen-bond donors (Lipinski definition) is 2. The lowest BCUT2D eigenvalue weighted by molar-refractivity contribution is -0.110. The molecule has 0 radical (unpaired) electrons. The van der Waals surface area contributed by atoms with Crippen molar-refractivity contribution < 1.29 is 4.79 Å². The fraction of sp³-hybridized carbons (Fsp3) is 0.0769.